The maximum Gasteiger partial charge on any atom is 0.270 e. The van der Waals surface area contributed by atoms with Crippen molar-refractivity contribution in [2.45, 2.75) is 45.6 Å². The van der Waals surface area contributed by atoms with Gasteiger partial charge in [0, 0.05) is 23.3 Å². The highest BCUT2D eigenvalue weighted by Crippen LogP contribution is 2.44. The first-order valence-corrected chi connectivity index (χ1v) is 13.2. The molecule has 0 radical (unpaired) electrons. The Morgan fingerprint density at radius 3 is 1.97 bits per heavy atom. The molecule has 2 aliphatic rings. The van der Waals surface area contributed by atoms with Crippen LogP contribution in [0.1, 0.15) is 51.2 Å². The van der Waals surface area contributed by atoms with Crippen LogP contribution in [0.3, 0.4) is 0 Å². The van der Waals surface area contributed by atoms with Crippen LogP contribution in [0.15, 0.2) is 78.4 Å². The number of amides is 2. The molecule has 0 N–H and O–H groups in total. The molecule has 5 nitrogen and oxygen atoms in total. The fourth-order valence-electron chi connectivity index (χ4n) is 5.72. The Hall–Kier alpha value is -3.84. The molecule has 2 aliphatic heterocycles. The van der Waals surface area contributed by atoms with Crippen LogP contribution in [0.2, 0.25) is 0 Å². The molecule has 194 valence electrons. The molecule has 1 atom stereocenters. The van der Waals surface area contributed by atoms with Gasteiger partial charge in [-0.1, -0.05) is 43.3 Å². The molecule has 7 heteroatoms. The van der Waals surface area contributed by atoms with Crippen LogP contribution < -0.4 is 14.7 Å². The van der Waals surface area contributed by atoms with E-state index in [9.17, 15) is 9.59 Å². The van der Waals surface area contributed by atoms with Crippen molar-refractivity contribution in [3.05, 3.63) is 95.3 Å². The molecule has 0 saturated carbocycles. The summed E-state index contributed by atoms with van der Waals surface area (Å²) in [5.41, 5.74) is 2.87. The van der Waals surface area contributed by atoms with Crippen molar-refractivity contribution in [1.29, 1.82) is 0 Å². The molecule has 38 heavy (non-hydrogen) atoms. The first kappa shape index (κ1) is 25.8. The minimum atomic E-state index is -0.583. The van der Waals surface area contributed by atoms with Gasteiger partial charge in [0.15, 0.2) is 5.11 Å². The molecule has 0 aromatic heterocycles. The predicted octanol–water partition coefficient (Wildman–Crippen LogP) is 6.69. The molecule has 3 aromatic rings. The molecule has 5 rings (SSSR count). The number of benzene rings is 3. The van der Waals surface area contributed by atoms with E-state index in [1.54, 1.807) is 54.6 Å². The number of anilines is 3. The van der Waals surface area contributed by atoms with Crippen molar-refractivity contribution in [3.8, 4) is 0 Å². The predicted molar refractivity (Wildman–Crippen MR) is 155 cm³/mol. The van der Waals surface area contributed by atoms with E-state index in [0.717, 1.165) is 24.2 Å². The van der Waals surface area contributed by atoms with Gasteiger partial charge in [-0.2, -0.15) is 0 Å². The Morgan fingerprint density at radius 2 is 1.47 bits per heavy atom. The Bertz CT molecular complexity index is 1390. The zero-order valence-electron chi connectivity index (χ0n) is 21.9. The van der Waals surface area contributed by atoms with Crippen LogP contribution in [-0.2, 0) is 9.59 Å². The lowest BCUT2D eigenvalue weighted by molar-refractivity contribution is -0.120. The van der Waals surface area contributed by atoms with E-state index in [2.05, 4.69) is 32.6 Å². The minimum absolute atomic E-state index is 0.0508. The van der Waals surface area contributed by atoms with Crippen LogP contribution >= 0.6 is 12.2 Å². The molecule has 1 fully saturated rings. The van der Waals surface area contributed by atoms with Crippen LogP contribution in [-0.4, -0.2) is 29.0 Å². The largest absolute Gasteiger partial charge is 0.366 e. The summed E-state index contributed by atoms with van der Waals surface area (Å²) < 4.78 is 15.6. The van der Waals surface area contributed by atoms with E-state index >= 15 is 4.39 Å². The molecule has 2 heterocycles. The first-order valence-electron chi connectivity index (χ1n) is 12.8. The average molecular weight is 528 g/mol. The van der Waals surface area contributed by atoms with Gasteiger partial charge in [0.05, 0.1) is 11.4 Å². The second-order valence-electron chi connectivity index (χ2n) is 10.4. The Morgan fingerprint density at radius 1 is 0.947 bits per heavy atom. The summed E-state index contributed by atoms with van der Waals surface area (Å²) in [6, 6.07) is 21.2. The lowest BCUT2D eigenvalue weighted by Gasteiger charge is -2.47. The summed E-state index contributed by atoms with van der Waals surface area (Å²) in [6.07, 6.45) is 2.28. The number of fused-ring (bicyclic) bond motifs is 1. The monoisotopic (exact) mass is 527 g/mol. The number of halogens is 1. The maximum atomic E-state index is 15.6. The number of carbonyl (C=O) groups is 2. The van der Waals surface area contributed by atoms with Crippen molar-refractivity contribution in [3.63, 3.8) is 0 Å². The third-order valence-electron chi connectivity index (χ3n) is 7.40. The summed E-state index contributed by atoms with van der Waals surface area (Å²) >= 11 is 5.66. The number of thiocarbonyl (C=S) groups is 1. The zero-order valence-corrected chi connectivity index (χ0v) is 22.8. The van der Waals surface area contributed by atoms with E-state index in [1.165, 1.54) is 21.9 Å². The highest BCUT2D eigenvalue weighted by atomic mass is 32.1. The average Bonchev–Trinajstić information content (AvgIpc) is 2.88. The lowest BCUT2D eigenvalue weighted by atomic mass is 9.79. The molecule has 0 spiro atoms. The fourth-order valence-corrected chi connectivity index (χ4v) is 6.10. The number of para-hydroxylation sites is 2. The second-order valence-corrected chi connectivity index (χ2v) is 10.8. The maximum absolute atomic E-state index is 15.6. The lowest BCUT2D eigenvalue weighted by Crippen LogP contribution is -2.56. The normalized spacial score (nSPS) is 19.1. The summed E-state index contributed by atoms with van der Waals surface area (Å²) in [5.74, 6) is -1.46. The van der Waals surface area contributed by atoms with Gasteiger partial charge in [-0.15, -0.1) is 0 Å². The smallest absolute Gasteiger partial charge is 0.270 e. The topological polar surface area (TPSA) is 43.9 Å². The summed E-state index contributed by atoms with van der Waals surface area (Å²) in [4.78, 5) is 32.4. The summed E-state index contributed by atoms with van der Waals surface area (Å²) in [6.45, 7) is 9.28. The van der Waals surface area contributed by atoms with E-state index in [-0.39, 0.29) is 27.7 Å². The van der Waals surface area contributed by atoms with Gasteiger partial charge in [-0.25, -0.2) is 4.39 Å². The van der Waals surface area contributed by atoms with Crippen molar-refractivity contribution in [2.24, 2.45) is 0 Å². The van der Waals surface area contributed by atoms with E-state index in [1.807, 2.05) is 12.1 Å². The van der Waals surface area contributed by atoms with Crippen LogP contribution in [0, 0.1) is 5.82 Å². The molecule has 2 amide bonds. The summed E-state index contributed by atoms with van der Waals surface area (Å²) in [5, 5.41) is 0.0508. The molecular formula is C31H30FN3O2S. The molecule has 1 saturated heterocycles. The van der Waals surface area contributed by atoms with Crippen LogP contribution in [0.25, 0.3) is 6.08 Å². The van der Waals surface area contributed by atoms with Crippen LogP contribution in [0.5, 0.6) is 0 Å². The van der Waals surface area contributed by atoms with Crippen molar-refractivity contribution < 1.29 is 14.0 Å². The second kappa shape index (κ2) is 9.80. The Balaban J connectivity index is 1.66. The van der Waals surface area contributed by atoms with Crippen molar-refractivity contribution in [1.82, 2.24) is 0 Å². The van der Waals surface area contributed by atoms with Gasteiger partial charge in [0.1, 0.15) is 11.4 Å². The highest BCUT2D eigenvalue weighted by Gasteiger charge is 2.42. The Kier molecular flexibility index (Phi) is 6.65. The Labute approximate surface area is 228 Å². The van der Waals surface area contributed by atoms with E-state index < -0.39 is 17.6 Å². The van der Waals surface area contributed by atoms with Crippen LogP contribution in [0.4, 0.5) is 21.5 Å². The fraction of sp³-hybridized carbons (Fsp3) is 0.258. The number of hydrogen-bond donors (Lipinski definition) is 0. The SMILES string of the molecule is CCN1c2cc(F)c(C=C3C(=O)N(c4ccccc4)C(=S)N(c4ccccc4)C3=O)cc2C(C)CC1(C)C. The van der Waals surface area contributed by atoms with Gasteiger partial charge in [-0.3, -0.25) is 19.4 Å². The highest BCUT2D eigenvalue weighted by molar-refractivity contribution is 7.81. The standard InChI is InChI=1S/C31H30FN3O2S/c1-5-33-27-18-26(32)21(16-24(27)20(2)19-31(33,3)4)17-25-28(36)34(22-12-8-6-9-13-22)30(38)35(29(25)37)23-14-10-7-11-15-23/h6-18,20H,5,19H2,1-4H3. The molecule has 0 aliphatic carbocycles. The van der Waals surface area contributed by atoms with Crippen molar-refractivity contribution >= 4 is 52.3 Å². The summed E-state index contributed by atoms with van der Waals surface area (Å²) in [7, 11) is 0. The number of carbonyl (C=O) groups excluding carboxylic acids is 2. The van der Waals surface area contributed by atoms with Gasteiger partial charge in [0.25, 0.3) is 11.8 Å². The number of nitrogens with zero attached hydrogens (tertiary/aromatic N) is 3. The van der Waals surface area contributed by atoms with Crippen molar-refractivity contribution in [2.75, 3.05) is 21.2 Å². The zero-order chi connectivity index (χ0) is 27.2. The molecule has 0 bridgehead atoms. The van der Waals surface area contributed by atoms with E-state index in [0.29, 0.717) is 11.4 Å². The number of rotatable bonds is 4. The van der Waals surface area contributed by atoms with E-state index in [4.69, 9.17) is 12.2 Å². The molecular weight excluding hydrogens is 497 g/mol. The minimum Gasteiger partial charge on any atom is -0.366 e. The third kappa shape index (κ3) is 4.31. The number of hydrogen-bond acceptors (Lipinski definition) is 4. The van der Waals surface area contributed by atoms with Gasteiger partial charge in [0.2, 0.25) is 0 Å². The van der Waals surface area contributed by atoms with Gasteiger partial charge in [-0.05, 0) is 93.4 Å². The third-order valence-corrected chi connectivity index (χ3v) is 7.76. The van der Waals surface area contributed by atoms with Gasteiger partial charge < -0.3 is 4.90 Å². The van der Waals surface area contributed by atoms with Gasteiger partial charge >= 0.3 is 0 Å². The quantitative estimate of drug-likeness (QED) is 0.216. The molecule has 1 unspecified atom stereocenters. The first-order chi connectivity index (χ1) is 18.1. The molecule has 3 aromatic carbocycles.